The highest BCUT2D eigenvalue weighted by Gasteiger charge is 2.44. The first-order valence-corrected chi connectivity index (χ1v) is 11.9. The van der Waals surface area contributed by atoms with Gasteiger partial charge in [0.1, 0.15) is 0 Å². The van der Waals surface area contributed by atoms with Crippen LogP contribution in [0.3, 0.4) is 0 Å². The number of fused-ring (bicyclic) bond motifs is 1. The zero-order valence-electron chi connectivity index (χ0n) is 19.0. The molecule has 1 N–H and O–H groups in total. The van der Waals surface area contributed by atoms with Gasteiger partial charge in [-0.1, -0.05) is 24.3 Å². The number of esters is 1. The van der Waals surface area contributed by atoms with E-state index < -0.39 is 17.9 Å². The van der Waals surface area contributed by atoms with Gasteiger partial charge in [-0.15, -0.1) is 11.3 Å². The van der Waals surface area contributed by atoms with Crippen LogP contribution in [0.2, 0.25) is 0 Å². The number of thiophene rings is 1. The Balaban J connectivity index is 1.69. The number of benzene rings is 2. The second-order valence-electron chi connectivity index (χ2n) is 7.80. The van der Waals surface area contributed by atoms with E-state index in [0.717, 1.165) is 4.88 Å². The van der Waals surface area contributed by atoms with E-state index in [9.17, 15) is 14.4 Å². The lowest BCUT2D eigenvalue weighted by atomic mass is 9.81. The van der Waals surface area contributed by atoms with Crippen molar-refractivity contribution in [3.63, 3.8) is 0 Å². The van der Waals surface area contributed by atoms with Crippen molar-refractivity contribution >= 4 is 34.8 Å². The lowest BCUT2D eigenvalue weighted by molar-refractivity contribution is -0.119. The lowest BCUT2D eigenvalue weighted by Crippen LogP contribution is -2.47. The summed E-state index contributed by atoms with van der Waals surface area (Å²) in [6.07, 6.45) is 0. The number of ether oxygens (including phenoxy) is 2. The molecule has 0 radical (unpaired) electrons. The molecule has 1 aliphatic heterocycles. The zero-order valence-corrected chi connectivity index (χ0v) is 19.8. The van der Waals surface area contributed by atoms with E-state index in [-0.39, 0.29) is 11.8 Å². The SMILES string of the molecule is CCOC(=O)c1ccc(NC(=O)[C@@H]2c3ccccc3C(=O)N(CCOC)[C@H]2c2cccs2)cc1. The van der Waals surface area contributed by atoms with Crippen molar-refractivity contribution in [2.45, 2.75) is 18.9 Å². The van der Waals surface area contributed by atoms with Gasteiger partial charge in [0.25, 0.3) is 5.91 Å². The van der Waals surface area contributed by atoms with E-state index in [1.807, 2.05) is 29.6 Å². The predicted octanol–water partition coefficient (Wildman–Crippen LogP) is 4.49. The molecule has 0 spiro atoms. The highest BCUT2D eigenvalue weighted by molar-refractivity contribution is 7.10. The number of nitrogens with zero attached hydrogens (tertiary/aromatic N) is 1. The molecule has 2 heterocycles. The second-order valence-corrected chi connectivity index (χ2v) is 8.78. The molecular formula is C26H26N2O5S. The standard InChI is InChI=1S/C26H26N2O5S/c1-3-33-26(31)17-10-12-18(13-11-17)27-24(29)22-19-7-4-5-8-20(19)25(30)28(14-15-32-2)23(22)21-9-6-16-34-21/h4-13,16,22-23H,3,14-15H2,1-2H3,(H,27,29)/t22-,23+/m1/s1. The molecule has 2 atom stereocenters. The maximum atomic E-state index is 13.7. The van der Waals surface area contributed by atoms with Gasteiger partial charge in [-0.2, -0.15) is 0 Å². The van der Waals surface area contributed by atoms with E-state index >= 15 is 0 Å². The minimum atomic E-state index is -0.617. The Hall–Kier alpha value is -3.49. The minimum Gasteiger partial charge on any atom is -0.462 e. The fourth-order valence-electron chi connectivity index (χ4n) is 4.21. The van der Waals surface area contributed by atoms with Gasteiger partial charge in [-0.3, -0.25) is 9.59 Å². The van der Waals surface area contributed by atoms with Crippen molar-refractivity contribution in [1.29, 1.82) is 0 Å². The Labute approximate surface area is 202 Å². The van der Waals surface area contributed by atoms with Crippen molar-refractivity contribution in [1.82, 2.24) is 4.90 Å². The summed E-state index contributed by atoms with van der Waals surface area (Å²) in [7, 11) is 1.59. The average Bonchev–Trinajstić information content (AvgIpc) is 3.38. The first-order valence-electron chi connectivity index (χ1n) is 11.1. The molecule has 8 heteroatoms. The van der Waals surface area contributed by atoms with Crippen molar-refractivity contribution in [2.24, 2.45) is 0 Å². The molecule has 0 aliphatic carbocycles. The van der Waals surface area contributed by atoms with Gasteiger partial charge in [-0.25, -0.2) is 4.79 Å². The molecule has 2 aromatic carbocycles. The molecule has 4 rings (SSSR count). The van der Waals surface area contributed by atoms with Crippen LogP contribution in [0.25, 0.3) is 0 Å². The Morgan fingerprint density at radius 3 is 2.50 bits per heavy atom. The lowest BCUT2D eigenvalue weighted by Gasteiger charge is -2.41. The number of carbonyl (C=O) groups is 3. The van der Waals surface area contributed by atoms with E-state index in [4.69, 9.17) is 9.47 Å². The van der Waals surface area contributed by atoms with E-state index in [2.05, 4.69) is 5.32 Å². The largest absolute Gasteiger partial charge is 0.462 e. The Morgan fingerprint density at radius 1 is 1.06 bits per heavy atom. The van der Waals surface area contributed by atoms with Gasteiger partial charge in [0, 0.05) is 29.8 Å². The van der Waals surface area contributed by atoms with Gasteiger partial charge in [-0.05, 0) is 54.3 Å². The number of anilines is 1. The number of hydrogen-bond acceptors (Lipinski definition) is 6. The topological polar surface area (TPSA) is 84.9 Å². The number of amides is 2. The summed E-state index contributed by atoms with van der Waals surface area (Å²) in [4.78, 5) is 41.7. The van der Waals surface area contributed by atoms with Gasteiger partial charge in [0.2, 0.25) is 5.91 Å². The normalized spacial score (nSPS) is 17.2. The number of carbonyl (C=O) groups excluding carboxylic acids is 3. The fourth-order valence-corrected chi connectivity index (χ4v) is 5.08. The molecule has 7 nitrogen and oxygen atoms in total. The van der Waals surface area contributed by atoms with Crippen molar-refractivity contribution in [3.05, 3.63) is 87.6 Å². The monoisotopic (exact) mass is 478 g/mol. The van der Waals surface area contributed by atoms with Crippen LogP contribution in [0.5, 0.6) is 0 Å². The van der Waals surface area contributed by atoms with Crippen LogP contribution < -0.4 is 5.32 Å². The van der Waals surface area contributed by atoms with Crippen LogP contribution >= 0.6 is 11.3 Å². The van der Waals surface area contributed by atoms with Gasteiger partial charge in [0.15, 0.2) is 0 Å². The molecule has 176 valence electrons. The minimum absolute atomic E-state index is 0.117. The average molecular weight is 479 g/mol. The maximum Gasteiger partial charge on any atom is 0.338 e. The summed E-state index contributed by atoms with van der Waals surface area (Å²) < 4.78 is 10.3. The highest BCUT2D eigenvalue weighted by Crippen LogP contribution is 2.44. The van der Waals surface area contributed by atoms with Crippen LogP contribution in [0.1, 0.15) is 50.0 Å². The predicted molar refractivity (Wildman–Crippen MR) is 130 cm³/mol. The zero-order chi connectivity index (χ0) is 24.1. The maximum absolute atomic E-state index is 13.7. The van der Waals surface area contributed by atoms with Gasteiger partial charge < -0.3 is 19.7 Å². The van der Waals surface area contributed by atoms with Crippen LogP contribution in [0.15, 0.2) is 66.0 Å². The van der Waals surface area contributed by atoms with Gasteiger partial charge in [0.05, 0.1) is 30.7 Å². The third-order valence-electron chi connectivity index (χ3n) is 5.76. The summed E-state index contributed by atoms with van der Waals surface area (Å²) >= 11 is 1.51. The molecule has 0 bridgehead atoms. The summed E-state index contributed by atoms with van der Waals surface area (Å²) in [6, 6.07) is 17.2. The first-order chi connectivity index (χ1) is 16.5. The third-order valence-corrected chi connectivity index (χ3v) is 6.70. The van der Waals surface area contributed by atoms with Crippen LogP contribution in [0, 0.1) is 0 Å². The molecule has 3 aromatic rings. The van der Waals surface area contributed by atoms with Crippen LogP contribution in [-0.2, 0) is 14.3 Å². The van der Waals surface area contributed by atoms with Crippen molar-refractivity contribution in [2.75, 3.05) is 32.2 Å². The number of nitrogens with one attached hydrogen (secondary N) is 1. The third kappa shape index (κ3) is 4.73. The number of hydrogen-bond donors (Lipinski definition) is 1. The first kappa shape index (κ1) is 23.7. The Kier molecular flexibility index (Phi) is 7.40. The van der Waals surface area contributed by atoms with Gasteiger partial charge >= 0.3 is 5.97 Å². The smallest absolute Gasteiger partial charge is 0.338 e. The molecule has 2 amide bonds. The molecule has 0 fully saturated rings. The van der Waals surface area contributed by atoms with Crippen molar-refractivity contribution in [3.8, 4) is 0 Å². The Morgan fingerprint density at radius 2 is 1.82 bits per heavy atom. The molecule has 1 aromatic heterocycles. The summed E-state index contributed by atoms with van der Waals surface area (Å²) in [5.74, 6) is -1.38. The number of methoxy groups -OCH3 is 1. The molecule has 34 heavy (non-hydrogen) atoms. The van der Waals surface area contributed by atoms with E-state index in [0.29, 0.717) is 42.1 Å². The summed E-state index contributed by atoms with van der Waals surface area (Å²) in [6.45, 7) is 2.77. The van der Waals surface area contributed by atoms with Crippen molar-refractivity contribution < 1.29 is 23.9 Å². The summed E-state index contributed by atoms with van der Waals surface area (Å²) in [5, 5.41) is 4.92. The van der Waals surface area contributed by atoms with E-state index in [1.165, 1.54) is 11.3 Å². The quantitative estimate of drug-likeness (QED) is 0.482. The fraction of sp³-hybridized carbons (Fsp3) is 0.269. The molecule has 0 saturated carbocycles. The van der Waals surface area contributed by atoms with Crippen LogP contribution in [0.4, 0.5) is 5.69 Å². The second kappa shape index (κ2) is 10.6. The molecular weight excluding hydrogens is 452 g/mol. The number of rotatable bonds is 8. The van der Waals surface area contributed by atoms with E-state index in [1.54, 1.807) is 55.3 Å². The summed E-state index contributed by atoms with van der Waals surface area (Å²) in [5.41, 5.74) is 2.18. The highest BCUT2D eigenvalue weighted by atomic mass is 32.1. The molecule has 0 saturated heterocycles. The Bertz CT molecular complexity index is 1160. The molecule has 0 unspecified atom stereocenters. The van der Waals surface area contributed by atoms with Crippen LogP contribution in [-0.4, -0.2) is 49.6 Å². The molecule has 1 aliphatic rings.